The molecule has 0 bridgehead atoms. The molecule has 1 atom stereocenters. The van der Waals surface area contributed by atoms with E-state index in [1.165, 1.54) is 4.90 Å². The molecule has 2 aliphatic rings. The second kappa shape index (κ2) is 11.3. The average Bonchev–Trinajstić information content (AvgIpc) is 3.17. The third-order valence-electron chi connectivity index (χ3n) is 5.58. The van der Waals surface area contributed by atoms with Gasteiger partial charge in [-0.1, -0.05) is 12.1 Å². The summed E-state index contributed by atoms with van der Waals surface area (Å²) >= 11 is 0. The van der Waals surface area contributed by atoms with Crippen molar-refractivity contribution >= 4 is 29.9 Å². The van der Waals surface area contributed by atoms with Crippen molar-refractivity contribution in [3.8, 4) is 0 Å². The second-order valence-corrected chi connectivity index (χ2v) is 11.1. The van der Waals surface area contributed by atoms with Crippen LogP contribution in [0, 0.1) is 0 Å². The Morgan fingerprint density at radius 1 is 0.973 bits per heavy atom. The molecular weight excluding hydrogens is 482 g/mol. The summed E-state index contributed by atoms with van der Waals surface area (Å²) in [6.07, 6.45) is -2.11. The number of hydrogen-bond acceptors (Lipinski definition) is 8. The Bertz CT molecular complexity index is 989. The van der Waals surface area contributed by atoms with Crippen LogP contribution in [0.3, 0.4) is 0 Å². The van der Waals surface area contributed by atoms with Gasteiger partial charge in [0.15, 0.2) is 6.10 Å². The Morgan fingerprint density at radius 2 is 1.57 bits per heavy atom. The molecule has 37 heavy (non-hydrogen) atoms. The van der Waals surface area contributed by atoms with Crippen LogP contribution in [0.2, 0.25) is 0 Å². The summed E-state index contributed by atoms with van der Waals surface area (Å²) in [6.45, 7) is 11.8. The average molecular weight is 520 g/mol. The van der Waals surface area contributed by atoms with E-state index in [1.54, 1.807) is 70.7 Å². The molecule has 11 nitrogen and oxygen atoms in total. The van der Waals surface area contributed by atoms with Crippen molar-refractivity contribution in [2.24, 2.45) is 0 Å². The number of carbonyl (C=O) groups excluding carboxylic acids is 4. The van der Waals surface area contributed by atoms with Gasteiger partial charge in [0, 0.05) is 38.2 Å². The van der Waals surface area contributed by atoms with Crippen LogP contribution in [0.1, 0.15) is 59.9 Å². The van der Waals surface area contributed by atoms with Gasteiger partial charge >= 0.3 is 18.3 Å². The van der Waals surface area contributed by atoms with Crippen molar-refractivity contribution in [3.05, 3.63) is 29.8 Å². The molecule has 0 radical (unpaired) electrons. The molecule has 2 saturated heterocycles. The van der Waals surface area contributed by atoms with Gasteiger partial charge in [0.25, 0.3) is 5.91 Å². The van der Waals surface area contributed by atoms with Gasteiger partial charge in [-0.2, -0.15) is 0 Å². The van der Waals surface area contributed by atoms with Gasteiger partial charge in [-0.15, -0.1) is 0 Å². The molecule has 2 fully saturated rings. The van der Waals surface area contributed by atoms with Gasteiger partial charge in [0.1, 0.15) is 17.3 Å². The number of hydrogen-bond donors (Lipinski definition) is 1. The fourth-order valence-corrected chi connectivity index (χ4v) is 3.89. The second-order valence-electron chi connectivity index (χ2n) is 11.1. The van der Waals surface area contributed by atoms with Crippen molar-refractivity contribution < 1.29 is 38.1 Å². The molecular formula is C26H37N3O8. The van der Waals surface area contributed by atoms with E-state index in [2.05, 4.69) is 5.32 Å². The fourth-order valence-electron chi connectivity index (χ4n) is 3.89. The Labute approximate surface area is 217 Å². The molecule has 11 heteroatoms. The summed E-state index contributed by atoms with van der Waals surface area (Å²) in [7, 11) is 0. The molecule has 0 aliphatic carbocycles. The number of amides is 3. The van der Waals surface area contributed by atoms with Crippen molar-refractivity contribution in [1.29, 1.82) is 0 Å². The number of alkyl carbamates (subject to hydrolysis) is 1. The molecule has 1 N–H and O–H groups in total. The standard InChI is InChI=1S/C26H37N3O8/c1-25(2,3)36-22(31)27-15-17-7-9-18(10-8-17)29-16-20(35-23(29)32)21(30)28-13-11-19(12-14-28)34-24(33)37-26(4,5)6/h7-10,19-20H,11-16H2,1-6H3,(H,27,31). The summed E-state index contributed by atoms with van der Waals surface area (Å²) in [5.74, 6) is -0.273. The summed E-state index contributed by atoms with van der Waals surface area (Å²) in [4.78, 5) is 52.2. The molecule has 1 unspecified atom stereocenters. The fraction of sp³-hybridized carbons (Fsp3) is 0.615. The molecule has 204 valence electrons. The lowest BCUT2D eigenvalue weighted by molar-refractivity contribution is -0.140. The quantitative estimate of drug-likeness (QED) is 0.458. The number of piperidine rings is 1. The van der Waals surface area contributed by atoms with E-state index in [4.69, 9.17) is 18.9 Å². The largest absolute Gasteiger partial charge is 0.509 e. The van der Waals surface area contributed by atoms with Crippen LogP contribution in [0.25, 0.3) is 0 Å². The Balaban J connectivity index is 1.47. The van der Waals surface area contributed by atoms with Crippen LogP contribution in [0.5, 0.6) is 0 Å². The summed E-state index contributed by atoms with van der Waals surface area (Å²) < 4.78 is 21.1. The lowest BCUT2D eigenvalue weighted by atomic mass is 10.1. The van der Waals surface area contributed by atoms with Crippen LogP contribution >= 0.6 is 0 Å². The predicted octanol–water partition coefficient (Wildman–Crippen LogP) is 3.98. The van der Waals surface area contributed by atoms with Crippen LogP contribution in [-0.2, 0) is 30.3 Å². The predicted molar refractivity (Wildman–Crippen MR) is 134 cm³/mol. The van der Waals surface area contributed by atoms with Gasteiger partial charge in [0.05, 0.1) is 6.54 Å². The first-order chi connectivity index (χ1) is 17.2. The summed E-state index contributed by atoms with van der Waals surface area (Å²) in [5, 5.41) is 2.68. The number of carbonyl (C=O) groups is 4. The van der Waals surface area contributed by atoms with E-state index < -0.39 is 35.6 Å². The third kappa shape index (κ3) is 8.54. The zero-order valence-corrected chi connectivity index (χ0v) is 22.4. The zero-order chi connectivity index (χ0) is 27.4. The highest BCUT2D eigenvalue weighted by Gasteiger charge is 2.40. The minimum absolute atomic E-state index is 0.0987. The number of benzene rings is 1. The number of likely N-dealkylation sites (tertiary alicyclic amines) is 1. The molecule has 3 rings (SSSR count). The smallest absolute Gasteiger partial charge is 0.444 e. The van der Waals surface area contributed by atoms with Crippen LogP contribution in [0.4, 0.5) is 20.1 Å². The normalized spacial score (nSPS) is 18.8. The lowest BCUT2D eigenvalue weighted by Gasteiger charge is -2.32. The molecule has 0 saturated carbocycles. The van der Waals surface area contributed by atoms with Gasteiger partial charge < -0.3 is 29.2 Å². The van der Waals surface area contributed by atoms with E-state index >= 15 is 0 Å². The number of rotatable bonds is 5. The SMILES string of the molecule is CC(C)(C)OC(=O)NCc1ccc(N2CC(C(=O)N3CCC(OC(=O)OC(C)(C)C)CC3)OC2=O)cc1. The zero-order valence-electron chi connectivity index (χ0n) is 22.4. The number of anilines is 1. The maximum Gasteiger partial charge on any atom is 0.509 e. The minimum atomic E-state index is -0.913. The van der Waals surface area contributed by atoms with E-state index in [9.17, 15) is 19.2 Å². The number of cyclic esters (lactones) is 1. The molecule has 0 spiro atoms. The van der Waals surface area contributed by atoms with Gasteiger partial charge in [-0.3, -0.25) is 9.69 Å². The van der Waals surface area contributed by atoms with Crippen LogP contribution < -0.4 is 10.2 Å². The first-order valence-electron chi connectivity index (χ1n) is 12.4. The monoisotopic (exact) mass is 519 g/mol. The highest BCUT2D eigenvalue weighted by molar-refractivity contribution is 5.95. The number of nitrogens with one attached hydrogen (secondary N) is 1. The van der Waals surface area contributed by atoms with Crippen molar-refractivity contribution in [2.45, 2.75) is 84.3 Å². The molecule has 3 amide bonds. The number of nitrogens with zero attached hydrogens (tertiary/aromatic N) is 2. The maximum absolute atomic E-state index is 13.0. The Kier molecular flexibility index (Phi) is 8.55. The third-order valence-corrected chi connectivity index (χ3v) is 5.58. The van der Waals surface area contributed by atoms with E-state index in [1.807, 2.05) is 0 Å². The summed E-state index contributed by atoms with van der Waals surface area (Å²) in [6, 6.07) is 7.04. The highest BCUT2D eigenvalue weighted by atomic mass is 16.7. The highest BCUT2D eigenvalue weighted by Crippen LogP contribution is 2.25. The molecule has 1 aromatic carbocycles. The van der Waals surface area contributed by atoms with Crippen LogP contribution in [-0.4, -0.2) is 72.2 Å². The van der Waals surface area contributed by atoms with E-state index in [-0.39, 0.29) is 25.1 Å². The van der Waals surface area contributed by atoms with Gasteiger partial charge in [-0.25, -0.2) is 14.4 Å². The summed E-state index contributed by atoms with van der Waals surface area (Å²) in [5.41, 5.74) is 0.197. The maximum atomic E-state index is 13.0. The van der Waals surface area contributed by atoms with Gasteiger partial charge in [0.2, 0.25) is 0 Å². The Hall–Kier alpha value is -3.50. The van der Waals surface area contributed by atoms with Crippen LogP contribution in [0.15, 0.2) is 24.3 Å². The molecule has 2 heterocycles. The Morgan fingerprint density at radius 3 is 2.14 bits per heavy atom. The van der Waals surface area contributed by atoms with Gasteiger partial charge in [-0.05, 0) is 59.2 Å². The first kappa shape index (κ1) is 28.1. The lowest BCUT2D eigenvalue weighted by Crippen LogP contribution is -2.47. The first-order valence-corrected chi connectivity index (χ1v) is 12.4. The topological polar surface area (TPSA) is 124 Å². The van der Waals surface area contributed by atoms with E-state index in [0.717, 1.165) is 5.56 Å². The molecule has 0 aromatic heterocycles. The van der Waals surface area contributed by atoms with E-state index in [0.29, 0.717) is 31.6 Å². The van der Waals surface area contributed by atoms with Crippen molar-refractivity contribution in [2.75, 3.05) is 24.5 Å². The number of ether oxygens (including phenoxy) is 4. The molecule has 1 aromatic rings. The van der Waals surface area contributed by atoms with Crippen molar-refractivity contribution in [3.63, 3.8) is 0 Å². The molecule has 2 aliphatic heterocycles. The van der Waals surface area contributed by atoms with Crippen molar-refractivity contribution in [1.82, 2.24) is 10.2 Å². The minimum Gasteiger partial charge on any atom is -0.444 e.